The summed E-state index contributed by atoms with van der Waals surface area (Å²) in [5, 5.41) is 0. The molecule has 286 valence electrons. The summed E-state index contributed by atoms with van der Waals surface area (Å²) in [5.41, 5.74) is 18.3. The molecule has 0 amide bonds. The van der Waals surface area contributed by atoms with Crippen molar-refractivity contribution in [3.63, 3.8) is 0 Å². The first-order valence-corrected chi connectivity index (χ1v) is 21.2. The predicted molar refractivity (Wildman–Crippen MR) is 247 cm³/mol. The van der Waals surface area contributed by atoms with Crippen molar-refractivity contribution in [3.8, 4) is 89.8 Å². The van der Waals surface area contributed by atoms with E-state index in [9.17, 15) is 0 Å². The lowest BCUT2D eigenvalue weighted by Crippen LogP contribution is -2.27. The lowest BCUT2D eigenvalue weighted by atomic mass is 9.68. The largest absolute Gasteiger partial charge is 0.208 e. The summed E-state index contributed by atoms with van der Waals surface area (Å²) in [6.07, 6.45) is 6.48. The van der Waals surface area contributed by atoms with Crippen LogP contribution in [0, 0.1) is 0 Å². The number of nitrogens with zero attached hydrogens (tertiary/aromatic N) is 3. The summed E-state index contributed by atoms with van der Waals surface area (Å²) in [7, 11) is 0. The maximum Gasteiger partial charge on any atom is 0.164 e. The number of fused-ring (bicyclic) bond motifs is 5. The second kappa shape index (κ2) is 15.2. The molecule has 0 atom stereocenters. The van der Waals surface area contributed by atoms with Gasteiger partial charge in [-0.2, -0.15) is 0 Å². The summed E-state index contributed by atoms with van der Waals surface area (Å²) in [6.45, 7) is 0. The van der Waals surface area contributed by atoms with E-state index in [0.717, 1.165) is 38.9 Å². The van der Waals surface area contributed by atoms with Gasteiger partial charge in [-0.15, -0.1) is 0 Å². The van der Waals surface area contributed by atoms with Crippen molar-refractivity contribution in [3.05, 3.63) is 211 Å². The van der Waals surface area contributed by atoms with Crippen molar-refractivity contribution >= 4 is 0 Å². The van der Waals surface area contributed by atoms with Crippen LogP contribution in [0.5, 0.6) is 0 Å². The summed E-state index contributed by atoms with van der Waals surface area (Å²) < 4.78 is 0. The molecular weight excluding hydrogens is 727 g/mol. The van der Waals surface area contributed by atoms with Crippen LogP contribution in [-0.4, -0.2) is 15.0 Å². The molecule has 9 aromatic rings. The highest BCUT2D eigenvalue weighted by molar-refractivity contribution is 5.85. The van der Waals surface area contributed by atoms with Crippen molar-refractivity contribution in [1.29, 1.82) is 0 Å². The average molecular weight is 770 g/mol. The first kappa shape index (κ1) is 35.9. The van der Waals surface area contributed by atoms with Crippen LogP contribution in [0.1, 0.15) is 43.2 Å². The molecule has 2 aliphatic carbocycles. The normalized spacial score (nSPS) is 13.8. The van der Waals surface area contributed by atoms with E-state index in [1.807, 2.05) is 24.3 Å². The minimum absolute atomic E-state index is 0.186. The molecule has 3 heteroatoms. The number of rotatable bonds is 7. The highest BCUT2D eigenvalue weighted by Gasteiger charge is 2.43. The highest BCUT2D eigenvalue weighted by Crippen LogP contribution is 2.56. The minimum Gasteiger partial charge on any atom is -0.208 e. The van der Waals surface area contributed by atoms with Gasteiger partial charge < -0.3 is 0 Å². The van der Waals surface area contributed by atoms with Crippen LogP contribution in [0.15, 0.2) is 200 Å². The molecule has 1 spiro atoms. The van der Waals surface area contributed by atoms with Crippen LogP contribution in [-0.2, 0) is 5.41 Å². The minimum atomic E-state index is 0.186. The van der Waals surface area contributed by atoms with Crippen molar-refractivity contribution < 1.29 is 0 Å². The van der Waals surface area contributed by atoms with Gasteiger partial charge in [0.2, 0.25) is 0 Å². The fourth-order valence-corrected chi connectivity index (χ4v) is 9.73. The van der Waals surface area contributed by atoms with Crippen molar-refractivity contribution in [2.24, 2.45) is 0 Å². The summed E-state index contributed by atoms with van der Waals surface area (Å²) in [5.74, 6) is 1.93. The van der Waals surface area contributed by atoms with E-state index in [2.05, 4.69) is 176 Å². The van der Waals surface area contributed by atoms with Gasteiger partial charge in [-0.1, -0.05) is 195 Å². The third-order valence-corrected chi connectivity index (χ3v) is 12.7. The van der Waals surface area contributed by atoms with Gasteiger partial charge in [-0.05, 0) is 104 Å². The first-order valence-electron chi connectivity index (χ1n) is 21.2. The van der Waals surface area contributed by atoms with Gasteiger partial charge in [-0.3, -0.25) is 0 Å². The Hall–Kier alpha value is -7.23. The number of aromatic nitrogens is 3. The molecule has 0 radical (unpaired) electrons. The average Bonchev–Trinajstić information content (AvgIpc) is 3.60. The second-order valence-electron chi connectivity index (χ2n) is 16.3. The van der Waals surface area contributed by atoms with Crippen LogP contribution < -0.4 is 0 Å². The van der Waals surface area contributed by atoms with E-state index in [0.29, 0.717) is 17.5 Å². The van der Waals surface area contributed by atoms with Gasteiger partial charge in [0.15, 0.2) is 17.5 Å². The maximum atomic E-state index is 5.10. The van der Waals surface area contributed by atoms with E-state index in [-0.39, 0.29) is 5.41 Å². The van der Waals surface area contributed by atoms with Crippen molar-refractivity contribution in [1.82, 2.24) is 15.0 Å². The van der Waals surface area contributed by atoms with Crippen molar-refractivity contribution in [2.45, 2.75) is 37.5 Å². The molecule has 0 unspecified atom stereocenters. The first-order chi connectivity index (χ1) is 29.7. The van der Waals surface area contributed by atoms with Gasteiger partial charge in [0.05, 0.1) is 0 Å². The van der Waals surface area contributed by atoms with Gasteiger partial charge in [-0.25, -0.2) is 15.0 Å². The molecule has 1 aromatic heterocycles. The molecule has 0 aliphatic heterocycles. The number of hydrogen-bond donors (Lipinski definition) is 0. The zero-order chi connectivity index (χ0) is 39.9. The molecule has 60 heavy (non-hydrogen) atoms. The van der Waals surface area contributed by atoms with Crippen molar-refractivity contribution in [2.75, 3.05) is 0 Å². The van der Waals surface area contributed by atoms with Gasteiger partial charge in [0, 0.05) is 22.1 Å². The zero-order valence-electron chi connectivity index (χ0n) is 33.4. The van der Waals surface area contributed by atoms with Gasteiger partial charge in [0.25, 0.3) is 0 Å². The predicted octanol–water partition coefficient (Wildman–Crippen LogP) is 14.8. The Labute approximate surface area is 352 Å². The lowest BCUT2D eigenvalue weighted by Gasteiger charge is -2.36. The van der Waals surface area contributed by atoms with Gasteiger partial charge >= 0.3 is 0 Å². The summed E-state index contributed by atoms with van der Waals surface area (Å²) in [4.78, 5) is 15.1. The third kappa shape index (κ3) is 6.53. The van der Waals surface area contributed by atoms with Crippen LogP contribution in [0.4, 0.5) is 0 Å². The molecule has 2 aliphatic rings. The Balaban J connectivity index is 0.903. The molecule has 1 heterocycles. The Kier molecular flexibility index (Phi) is 9.08. The van der Waals surface area contributed by atoms with E-state index >= 15 is 0 Å². The van der Waals surface area contributed by atoms with Gasteiger partial charge in [0.1, 0.15) is 0 Å². The molecule has 0 N–H and O–H groups in total. The molecule has 11 rings (SSSR count). The fraction of sp³-hybridized carbons (Fsp3) is 0.105. The van der Waals surface area contributed by atoms with Crippen LogP contribution in [0.2, 0.25) is 0 Å². The smallest absolute Gasteiger partial charge is 0.164 e. The monoisotopic (exact) mass is 769 g/mol. The lowest BCUT2D eigenvalue weighted by molar-refractivity contribution is 0.353. The third-order valence-electron chi connectivity index (χ3n) is 12.7. The van der Waals surface area contributed by atoms with E-state index in [1.54, 1.807) is 0 Å². The topological polar surface area (TPSA) is 38.7 Å². The molecular formula is C57H43N3. The summed E-state index contributed by atoms with van der Waals surface area (Å²) in [6, 6.07) is 71.8. The molecule has 1 saturated carbocycles. The summed E-state index contributed by atoms with van der Waals surface area (Å²) >= 11 is 0. The standard InChI is InChI=1S/C57H43N3/c1-4-15-39(16-5-1)44-20-13-23-48(36-44)55-58-54(42-17-6-2-7-18-42)59-56(60-55)49-24-14-22-46(37-49)45-21-12-19-43(35-45)40-27-29-41(30-28-40)47-31-32-53-51(38-47)50-25-8-9-26-52(50)57(53)33-10-3-11-34-57/h1-2,4-9,12-32,35-38H,3,10-11,33-34H2. The van der Waals surface area contributed by atoms with Crippen LogP contribution in [0.3, 0.4) is 0 Å². The molecule has 8 aromatic carbocycles. The quantitative estimate of drug-likeness (QED) is 0.162. The Morgan fingerprint density at radius 2 is 0.650 bits per heavy atom. The second-order valence-corrected chi connectivity index (χ2v) is 16.3. The van der Waals surface area contributed by atoms with Crippen LogP contribution in [0.25, 0.3) is 89.8 Å². The Morgan fingerprint density at radius 1 is 0.267 bits per heavy atom. The van der Waals surface area contributed by atoms with E-state index in [1.165, 1.54) is 76.6 Å². The Morgan fingerprint density at radius 3 is 1.23 bits per heavy atom. The fourth-order valence-electron chi connectivity index (χ4n) is 9.73. The number of hydrogen-bond acceptors (Lipinski definition) is 3. The maximum absolute atomic E-state index is 5.10. The molecule has 0 saturated heterocycles. The van der Waals surface area contributed by atoms with E-state index < -0.39 is 0 Å². The number of benzene rings is 8. The zero-order valence-corrected chi connectivity index (χ0v) is 33.4. The molecule has 3 nitrogen and oxygen atoms in total. The Bertz CT molecular complexity index is 3000. The van der Waals surface area contributed by atoms with Crippen LogP contribution >= 0.6 is 0 Å². The molecule has 1 fully saturated rings. The molecule has 0 bridgehead atoms. The van der Waals surface area contributed by atoms with E-state index in [4.69, 9.17) is 15.0 Å². The highest BCUT2D eigenvalue weighted by atomic mass is 15.0. The SMILES string of the molecule is c1ccc(-c2cccc(-c3nc(-c4ccccc4)nc(-c4cccc(-c5cccc(-c6ccc(-c7ccc8c(c7)-c7ccccc7C87CCCCC7)cc6)c5)c4)n3)c2)cc1.